The summed E-state index contributed by atoms with van der Waals surface area (Å²) in [6.07, 6.45) is 5.89. The zero-order valence-electron chi connectivity index (χ0n) is 26.7. The predicted molar refractivity (Wildman–Crippen MR) is 178 cm³/mol. The molecule has 1 amide bonds. The quantitative estimate of drug-likeness (QED) is 0.127. The highest BCUT2D eigenvalue weighted by Crippen LogP contribution is 2.33. The Morgan fingerprint density at radius 3 is 2.66 bits per heavy atom. The molecular weight excluding hydrogens is 568 g/mol. The zero-order chi connectivity index (χ0) is 31.2. The molecule has 10 heteroatoms. The first-order valence-electron chi connectivity index (χ1n) is 15.8. The smallest absolute Gasteiger partial charge is 0.407 e. The van der Waals surface area contributed by atoms with Crippen molar-refractivity contribution in [2.45, 2.75) is 96.6 Å². The number of nitrogens with zero attached hydrogens (tertiary/aromatic N) is 4. The molecule has 2 heterocycles. The molecule has 0 saturated heterocycles. The average molecular weight is 615 g/mol. The summed E-state index contributed by atoms with van der Waals surface area (Å²) in [7, 11) is -1.20. The van der Waals surface area contributed by atoms with E-state index in [4.69, 9.17) is 24.5 Å². The number of aryl methyl sites for hydroxylation is 1. The fraction of sp³-hybridized carbons (Fsp3) is 0.471. The van der Waals surface area contributed by atoms with E-state index in [1.165, 1.54) is 0 Å². The number of carbonyl (C=O) groups excluding carboxylic acids is 1. The molecule has 0 spiro atoms. The molecule has 2 atom stereocenters. The molecule has 1 saturated carbocycles. The van der Waals surface area contributed by atoms with Crippen LogP contribution in [0.2, 0.25) is 25.7 Å². The van der Waals surface area contributed by atoms with Gasteiger partial charge >= 0.3 is 6.09 Å². The number of aromatic nitrogens is 4. The highest BCUT2D eigenvalue weighted by atomic mass is 28.3. The van der Waals surface area contributed by atoms with Gasteiger partial charge in [-0.05, 0) is 62.3 Å². The second-order valence-corrected chi connectivity index (χ2v) is 18.9. The number of hydrogen-bond acceptors (Lipinski definition) is 7. The number of rotatable bonds is 12. The molecular formula is C34H46N6O3Si. The summed E-state index contributed by atoms with van der Waals surface area (Å²) >= 11 is 0. The number of anilines is 1. The van der Waals surface area contributed by atoms with Gasteiger partial charge < -0.3 is 20.1 Å². The number of carbonyl (C=O) groups is 1. The Morgan fingerprint density at radius 1 is 1.11 bits per heavy atom. The van der Waals surface area contributed by atoms with Crippen LogP contribution in [0.15, 0.2) is 60.8 Å². The molecule has 1 aliphatic carbocycles. The van der Waals surface area contributed by atoms with Crippen LogP contribution in [-0.2, 0) is 29.2 Å². The van der Waals surface area contributed by atoms with Crippen molar-refractivity contribution in [2.24, 2.45) is 0 Å². The standard InChI is InChI=1S/C34H46N6O3Si/c1-6-26-22-35-32(36-27-15-12-18-34(2,21-27)38-33(41)43-23-25-13-8-7-9-14-25)37-30(26)31-28-16-10-11-17-29(28)39-40(31)24-42-19-20-44(3,4)5/h7-11,13-14,16-17,22,27H,6,12,15,18-21,23-24H2,1-5H3,(H,38,41)(H,35,36,37)/t27-,34+/m1/s1. The third-order valence-corrected chi connectivity index (χ3v) is 9.96. The summed E-state index contributed by atoms with van der Waals surface area (Å²) < 4.78 is 13.6. The molecule has 0 radical (unpaired) electrons. The molecule has 2 N–H and O–H groups in total. The Hall–Kier alpha value is -3.76. The molecule has 9 nitrogen and oxygen atoms in total. The van der Waals surface area contributed by atoms with E-state index in [0.29, 0.717) is 12.7 Å². The van der Waals surface area contributed by atoms with E-state index in [9.17, 15) is 4.79 Å². The van der Waals surface area contributed by atoms with Crippen molar-refractivity contribution in [3.05, 3.63) is 71.9 Å². The maximum atomic E-state index is 12.7. The lowest BCUT2D eigenvalue weighted by molar-refractivity contribution is 0.0802. The largest absolute Gasteiger partial charge is 0.445 e. The van der Waals surface area contributed by atoms with Crippen molar-refractivity contribution in [2.75, 3.05) is 11.9 Å². The number of amides is 1. The van der Waals surface area contributed by atoms with E-state index in [1.807, 2.05) is 59.4 Å². The molecule has 234 valence electrons. The number of alkyl carbamates (subject to hydrolysis) is 1. The van der Waals surface area contributed by atoms with Gasteiger partial charge in [0.15, 0.2) is 0 Å². The summed E-state index contributed by atoms with van der Waals surface area (Å²) in [6, 6.07) is 19.1. The fourth-order valence-corrected chi connectivity index (χ4v) is 6.56. The maximum Gasteiger partial charge on any atom is 0.407 e. The summed E-state index contributed by atoms with van der Waals surface area (Å²) in [4.78, 5) is 22.5. The second kappa shape index (κ2) is 13.9. The van der Waals surface area contributed by atoms with Crippen molar-refractivity contribution >= 4 is 31.0 Å². The van der Waals surface area contributed by atoms with Crippen LogP contribution in [0.1, 0.15) is 50.7 Å². The molecule has 0 unspecified atom stereocenters. The van der Waals surface area contributed by atoms with Crippen molar-refractivity contribution in [1.82, 2.24) is 25.1 Å². The van der Waals surface area contributed by atoms with Gasteiger partial charge in [0.05, 0.1) is 16.9 Å². The highest BCUT2D eigenvalue weighted by molar-refractivity contribution is 6.76. The summed E-state index contributed by atoms with van der Waals surface area (Å²) in [6.45, 7) is 12.6. The van der Waals surface area contributed by atoms with E-state index in [1.54, 1.807) is 0 Å². The summed E-state index contributed by atoms with van der Waals surface area (Å²) in [5.41, 5.74) is 4.37. The number of nitrogens with one attached hydrogen (secondary N) is 2. The summed E-state index contributed by atoms with van der Waals surface area (Å²) in [5.74, 6) is 0.578. The topological polar surface area (TPSA) is 103 Å². The van der Waals surface area contributed by atoms with Crippen LogP contribution in [0.4, 0.5) is 10.7 Å². The van der Waals surface area contributed by atoms with Gasteiger partial charge in [-0.25, -0.2) is 19.4 Å². The summed E-state index contributed by atoms with van der Waals surface area (Å²) in [5, 5.41) is 12.7. The molecule has 2 aromatic heterocycles. The lowest BCUT2D eigenvalue weighted by Gasteiger charge is -2.38. The molecule has 1 aliphatic rings. The third-order valence-electron chi connectivity index (χ3n) is 8.25. The Balaban J connectivity index is 1.31. The molecule has 5 rings (SSSR count). The predicted octanol–water partition coefficient (Wildman–Crippen LogP) is 7.41. The Bertz CT molecular complexity index is 1550. The van der Waals surface area contributed by atoms with Crippen molar-refractivity contribution in [3.63, 3.8) is 0 Å². The van der Waals surface area contributed by atoms with Crippen LogP contribution in [0, 0.1) is 0 Å². The van der Waals surface area contributed by atoms with Crippen LogP contribution in [0.25, 0.3) is 22.3 Å². The monoisotopic (exact) mass is 614 g/mol. The van der Waals surface area contributed by atoms with Gasteiger partial charge in [-0.1, -0.05) is 75.1 Å². The Kier molecular flexibility index (Phi) is 10.0. The maximum absolute atomic E-state index is 12.7. The van der Waals surface area contributed by atoms with Gasteiger partial charge in [0.1, 0.15) is 13.3 Å². The van der Waals surface area contributed by atoms with E-state index in [-0.39, 0.29) is 12.6 Å². The first kappa shape index (κ1) is 31.7. The molecule has 0 bridgehead atoms. The van der Waals surface area contributed by atoms with Crippen LogP contribution in [0.3, 0.4) is 0 Å². The third kappa shape index (κ3) is 8.24. The van der Waals surface area contributed by atoms with Crippen LogP contribution >= 0.6 is 0 Å². The van der Waals surface area contributed by atoms with Crippen LogP contribution < -0.4 is 10.6 Å². The van der Waals surface area contributed by atoms with E-state index in [0.717, 1.165) is 78.2 Å². The van der Waals surface area contributed by atoms with Gasteiger partial charge in [-0.3, -0.25) is 0 Å². The lowest BCUT2D eigenvalue weighted by atomic mass is 9.80. The average Bonchev–Trinajstić information content (AvgIpc) is 3.36. The number of fused-ring (bicyclic) bond motifs is 1. The van der Waals surface area contributed by atoms with Crippen LogP contribution in [-0.4, -0.2) is 52.1 Å². The normalized spacial score (nSPS) is 18.7. The first-order chi connectivity index (χ1) is 21.1. The lowest BCUT2D eigenvalue weighted by Crippen LogP contribution is -2.51. The SMILES string of the molecule is CCc1cnc(N[C@@H]2CCC[C@](C)(NC(=O)OCc3ccccc3)C2)nc1-c1c2ccccc2nn1COCC[Si](C)(C)C. The van der Waals surface area contributed by atoms with E-state index < -0.39 is 19.7 Å². The van der Waals surface area contributed by atoms with Gasteiger partial charge in [0, 0.05) is 37.8 Å². The molecule has 44 heavy (non-hydrogen) atoms. The van der Waals surface area contributed by atoms with Crippen LogP contribution in [0.5, 0.6) is 0 Å². The van der Waals surface area contributed by atoms with Crippen molar-refractivity contribution in [1.29, 1.82) is 0 Å². The minimum Gasteiger partial charge on any atom is -0.445 e. The zero-order valence-corrected chi connectivity index (χ0v) is 27.7. The van der Waals surface area contributed by atoms with Gasteiger partial charge in [0.25, 0.3) is 0 Å². The van der Waals surface area contributed by atoms with Crippen molar-refractivity contribution in [3.8, 4) is 11.4 Å². The highest BCUT2D eigenvalue weighted by Gasteiger charge is 2.34. The molecule has 4 aromatic rings. The molecule has 1 fully saturated rings. The molecule has 2 aromatic carbocycles. The fourth-order valence-electron chi connectivity index (χ4n) is 5.80. The van der Waals surface area contributed by atoms with Crippen molar-refractivity contribution < 1.29 is 14.3 Å². The minimum atomic E-state index is -1.20. The van der Waals surface area contributed by atoms with E-state index in [2.05, 4.69) is 50.2 Å². The van der Waals surface area contributed by atoms with Gasteiger partial charge in [0.2, 0.25) is 5.95 Å². The second-order valence-electron chi connectivity index (χ2n) is 13.3. The molecule has 0 aliphatic heterocycles. The Morgan fingerprint density at radius 2 is 1.89 bits per heavy atom. The minimum absolute atomic E-state index is 0.107. The van der Waals surface area contributed by atoms with Gasteiger partial charge in [-0.2, -0.15) is 5.10 Å². The van der Waals surface area contributed by atoms with E-state index >= 15 is 0 Å². The number of ether oxygens (including phenoxy) is 2. The van der Waals surface area contributed by atoms with Gasteiger partial charge in [-0.15, -0.1) is 0 Å². The Labute approximate surface area is 261 Å². The number of benzene rings is 2. The first-order valence-corrected chi connectivity index (χ1v) is 19.5. The number of hydrogen-bond donors (Lipinski definition) is 2.